The van der Waals surface area contributed by atoms with Gasteiger partial charge in [-0.3, -0.25) is 9.69 Å². The van der Waals surface area contributed by atoms with Gasteiger partial charge in [-0.05, 0) is 57.6 Å². The van der Waals surface area contributed by atoms with Crippen LogP contribution in [0.1, 0.15) is 34.5 Å². The molecule has 32 heavy (non-hydrogen) atoms. The number of allylic oxidation sites excluding steroid dienone is 1. The number of halogens is 2. The first-order valence-corrected chi connectivity index (χ1v) is 12.2. The van der Waals surface area contributed by atoms with Gasteiger partial charge in [0.2, 0.25) is 5.78 Å². The van der Waals surface area contributed by atoms with Crippen LogP contribution < -0.4 is 11.1 Å². The van der Waals surface area contributed by atoms with Gasteiger partial charge in [-0.25, -0.2) is 4.98 Å². The number of hydrogen-bond donors (Lipinski definition) is 2. The number of aromatic nitrogens is 1. The largest absolute Gasteiger partial charge is 0.382 e. The Kier molecular flexibility index (Phi) is 7.22. The summed E-state index contributed by atoms with van der Waals surface area (Å²) in [6.45, 7) is 2.25. The molecule has 1 atom stereocenters. The molecule has 1 aromatic carbocycles. The second-order valence-electron chi connectivity index (χ2n) is 8.37. The van der Waals surface area contributed by atoms with E-state index in [-0.39, 0.29) is 11.6 Å². The van der Waals surface area contributed by atoms with Crippen LogP contribution in [0.4, 0.5) is 10.9 Å². The smallest absolute Gasteiger partial charge is 0.206 e. The van der Waals surface area contributed by atoms with Gasteiger partial charge in [0, 0.05) is 36.4 Å². The molecule has 0 radical (unpaired) electrons. The van der Waals surface area contributed by atoms with E-state index in [9.17, 15) is 4.79 Å². The van der Waals surface area contributed by atoms with Gasteiger partial charge in [0.25, 0.3) is 0 Å². The van der Waals surface area contributed by atoms with Crippen molar-refractivity contribution in [2.45, 2.75) is 31.3 Å². The number of nitrogens with one attached hydrogen (secondary N) is 1. The molecule has 2 aromatic rings. The highest BCUT2D eigenvalue weighted by molar-refractivity contribution is 7.18. The van der Waals surface area contributed by atoms with Crippen LogP contribution in [0.15, 0.2) is 42.1 Å². The van der Waals surface area contributed by atoms with Crippen molar-refractivity contribution in [1.29, 1.82) is 0 Å². The highest BCUT2D eigenvalue weighted by Crippen LogP contribution is 2.31. The van der Waals surface area contributed by atoms with E-state index < -0.39 is 0 Å². The zero-order chi connectivity index (χ0) is 22.8. The molecule has 3 N–H and O–H groups in total. The molecule has 0 spiro atoms. The van der Waals surface area contributed by atoms with Crippen molar-refractivity contribution in [2.75, 3.05) is 38.2 Å². The second kappa shape index (κ2) is 9.93. The molecule has 9 heteroatoms. The first-order chi connectivity index (χ1) is 15.3. The molecule has 6 nitrogen and oxygen atoms in total. The molecule has 1 aliphatic carbocycles. The first kappa shape index (κ1) is 23.3. The van der Waals surface area contributed by atoms with Gasteiger partial charge in [0.05, 0.1) is 10.0 Å². The monoisotopic (exact) mass is 491 g/mol. The molecule has 1 saturated heterocycles. The van der Waals surface area contributed by atoms with Crippen LogP contribution in [0.25, 0.3) is 0 Å². The summed E-state index contributed by atoms with van der Waals surface area (Å²) < 4.78 is 0. The Bertz CT molecular complexity index is 1060. The Balaban J connectivity index is 1.37. The van der Waals surface area contributed by atoms with E-state index in [1.807, 2.05) is 0 Å². The van der Waals surface area contributed by atoms with E-state index in [1.165, 1.54) is 24.2 Å². The van der Waals surface area contributed by atoms with Crippen molar-refractivity contribution < 1.29 is 4.79 Å². The molecule has 4 rings (SSSR count). The van der Waals surface area contributed by atoms with E-state index in [0.717, 1.165) is 25.2 Å². The number of nitrogens with zero attached hydrogens (tertiary/aromatic N) is 3. The topological polar surface area (TPSA) is 74.5 Å². The van der Waals surface area contributed by atoms with Gasteiger partial charge < -0.3 is 16.0 Å². The highest BCUT2D eigenvalue weighted by Gasteiger charge is 2.25. The summed E-state index contributed by atoms with van der Waals surface area (Å²) in [4.78, 5) is 22.5. The zero-order valence-electron chi connectivity index (χ0n) is 18.1. The van der Waals surface area contributed by atoms with Crippen LogP contribution in [0.3, 0.4) is 0 Å². The lowest BCUT2D eigenvalue weighted by Gasteiger charge is -2.39. The van der Waals surface area contributed by atoms with Crippen LogP contribution in [-0.4, -0.2) is 59.8 Å². The Morgan fingerprint density at radius 2 is 2.00 bits per heavy atom. The van der Waals surface area contributed by atoms with E-state index in [0.29, 0.717) is 37.7 Å². The van der Waals surface area contributed by atoms with Crippen LogP contribution in [0.5, 0.6) is 0 Å². The summed E-state index contributed by atoms with van der Waals surface area (Å²) >= 11 is 13.2. The Labute approximate surface area is 202 Å². The van der Waals surface area contributed by atoms with Gasteiger partial charge in [0.1, 0.15) is 10.7 Å². The number of thiazole rings is 1. The molecule has 1 aromatic heterocycles. The molecular weight excluding hydrogens is 465 g/mol. The third kappa shape index (κ3) is 5.18. The lowest BCUT2D eigenvalue weighted by molar-refractivity contribution is 0.104. The molecule has 1 unspecified atom stereocenters. The minimum absolute atomic E-state index is 0.204. The van der Waals surface area contributed by atoms with Gasteiger partial charge in [0.15, 0.2) is 5.13 Å². The summed E-state index contributed by atoms with van der Waals surface area (Å²) in [5.41, 5.74) is 7.43. The summed E-state index contributed by atoms with van der Waals surface area (Å²) in [7, 11) is 4.33. The minimum atomic E-state index is -0.221. The fraction of sp³-hybridized carbons (Fsp3) is 0.391. The van der Waals surface area contributed by atoms with Gasteiger partial charge in [-0.1, -0.05) is 46.7 Å². The number of benzene rings is 1. The number of nitrogens with two attached hydrogens (primary N) is 1. The van der Waals surface area contributed by atoms with Crippen molar-refractivity contribution in [3.63, 3.8) is 0 Å². The number of anilines is 2. The zero-order valence-corrected chi connectivity index (χ0v) is 20.5. The lowest BCUT2D eigenvalue weighted by atomic mass is 9.99. The Morgan fingerprint density at radius 3 is 2.62 bits per heavy atom. The Hall–Kier alpha value is -1.90. The molecule has 170 valence electrons. The summed E-state index contributed by atoms with van der Waals surface area (Å²) in [6.07, 6.45) is 9.88. The van der Waals surface area contributed by atoms with Gasteiger partial charge >= 0.3 is 0 Å². The van der Waals surface area contributed by atoms with Crippen LogP contribution in [0, 0.1) is 0 Å². The number of likely N-dealkylation sites (tertiary alicyclic amines) is 1. The first-order valence-electron chi connectivity index (χ1n) is 10.6. The molecular formula is C23H27Cl2N5OS. The number of carbonyl (C=O) groups is 1. The number of hydrogen-bond acceptors (Lipinski definition) is 7. The maximum absolute atomic E-state index is 12.8. The van der Waals surface area contributed by atoms with Crippen LogP contribution in [-0.2, 0) is 0 Å². The fourth-order valence-electron chi connectivity index (χ4n) is 4.15. The highest BCUT2D eigenvalue weighted by atomic mass is 35.5. The fourth-order valence-corrected chi connectivity index (χ4v) is 5.31. The predicted octanol–water partition coefficient (Wildman–Crippen LogP) is 4.91. The number of piperidine rings is 1. The molecule has 1 aliphatic heterocycles. The number of carbonyl (C=O) groups excluding carboxylic acids is 1. The van der Waals surface area contributed by atoms with Crippen molar-refractivity contribution in [3.05, 3.63) is 62.6 Å². The maximum atomic E-state index is 12.8. The number of ketones is 1. The molecule has 1 fully saturated rings. The molecule has 0 bridgehead atoms. The van der Waals surface area contributed by atoms with E-state index in [1.54, 1.807) is 18.2 Å². The lowest BCUT2D eigenvalue weighted by Crippen LogP contribution is -2.45. The molecule has 2 heterocycles. The molecule has 2 aliphatic rings. The standard InChI is InChI=1S/C23H27Cl2N5OS/c1-29(2)16-9-11-30(12-10-16)17-6-4-15(5-7-17)27-23-28-22(26)21(32-23)20(31)14-3-8-18(24)19(25)13-14/h3-6,8,13,16-17H,7,9-12,26H2,1-2H3,(H,27,28). The SMILES string of the molecule is CN(C)C1CCN(C2C=CC(Nc3nc(N)c(C(=O)c4ccc(Cl)c(Cl)c4)s3)=CC2)CC1. The van der Waals surface area contributed by atoms with E-state index in [2.05, 4.69) is 52.4 Å². The summed E-state index contributed by atoms with van der Waals surface area (Å²) in [5.74, 6) is -0.0171. The minimum Gasteiger partial charge on any atom is -0.382 e. The predicted molar refractivity (Wildman–Crippen MR) is 134 cm³/mol. The number of rotatable bonds is 6. The average Bonchev–Trinajstić information content (AvgIpc) is 3.15. The summed E-state index contributed by atoms with van der Waals surface area (Å²) in [5, 5.41) is 4.61. The quantitative estimate of drug-likeness (QED) is 0.558. The van der Waals surface area contributed by atoms with Crippen molar-refractivity contribution >= 4 is 51.3 Å². The third-order valence-electron chi connectivity index (χ3n) is 6.07. The van der Waals surface area contributed by atoms with Crippen LogP contribution in [0.2, 0.25) is 10.0 Å². The maximum Gasteiger partial charge on any atom is 0.206 e. The van der Waals surface area contributed by atoms with E-state index in [4.69, 9.17) is 28.9 Å². The van der Waals surface area contributed by atoms with Crippen molar-refractivity contribution in [3.8, 4) is 0 Å². The average molecular weight is 492 g/mol. The van der Waals surface area contributed by atoms with Crippen molar-refractivity contribution in [2.24, 2.45) is 0 Å². The third-order valence-corrected chi connectivity index (χ3v) is 7.79. The Morgan fingerprint density at radius 1 is 1.25 bits per heavy atom. The second-order valence-corrected chi connectivity index (χ2v) is 10.2. The van der Waals surface area contributed by atoms with Gasteiger partial charge in [-0.15, -0.1) is 0 Å². The van der Waals surface area contributed by atoms with Crippen molar-refractivity contribution in [1.82, 2.24) is 14.8 Å². The van der Waals surface area contributed by atoms with E-state index >= 15 is 0 Å². The normalized spacial score (nSPS) is 19.9. The number of nitrogen functional groups attached to an aromatic ring is 1. The van der Waals surface area contributed by atoms with Gasteiger partial charge in [-0.2, -0.15) is 0 Å². The molecule has 0 saturated carbocycles. The molecule has 0 amide bonds. The summed E-state index contributed by atoms with van der Waals surface area (Å²) in [6, 6.07) is 5.90. The van der Waals surface area contributed by atoms with Crippen LogP contribution >= 0.6 is 34.5 Å².